The van der Waals surface area contributed by atoms with Gasteiger partial charge in [0.25, 0.3) is 5.91 Å². The molecule has 1 aromatic carbocycles. The van der Waals surface area contributed by atoms with Crippen molar-refractivity contribution in [1.29, 1.82) is 0 Å². The van der Waals surface area contributed by atoms with Gasteiger partial charge in [0, 0.05) is 18.7 Å². The molecule has 0 saturated carbocycles. The van der Waals surface area contributed by atoms with Crippen LogP contribution in [0.3, 0.4) is 0 Å². The zero-order chi connectivity index (χ0) is 15.5. The van der Waals surface area contributed by atoms with Gasteiger partial charge in [-0.2, -0.15) is 0 Å². The Morgan fingerprint density at radius 3 is 2.90 bits per heavy atom. The summed E-state index contributed by atoms with van der Waals surface area (Å²) in [6.45, 7) is 3.59. The molecule has 1 N–H and O–H groups in total. The molecule has 0 aliphatic carbocycles. The highest BCUT2D eigenvalue weighted by Crippen LogP contribution is 2.16. The van der Waals surface area contributed by atoms with Gasteiger partial charge < -0.3 is 9.64 Å². The summed E-state index contributed by atoms with van der Waals surface area (Å²) >= 11 is 0. The predicted molar refractivity (Wildman–Crippen MR) is 78.6 cm³/mol. The van der Waals surface area contributed by atoms with Crippen LogP contribution in [-0.4, -0.2) is 52.1 Å². The van der Waals surface area contributed by atoms with Gasteiger partial charge in [0.1, 0.15) is 0 Å². The Balaban J connectivity index is 2.22. The second kappa shape index (κ2) is 6.55. The standard InChI is InChI=1S/C14H20N2O4S/c1-3-12-10-16(7-8-20-12)14(17)11-5-4-6-13(9-11)21(18,19)15-2/h4-6,9,12,15H,3,7-8,10H2,1-2H3/t12-/m1/s1. The van der Waals surface area contributed by atoms with E-state index in [2.05, 4.69) is 4.72 Å². The van der Waals surface area contributed by atoms with Crippen LogP contribution < -0.4 is 4.72 Å². The van der Waals surface area contributed by atoms with E-state index in [4.69, 9.17) is 4.74 Å². The Kier molecular flexibility index (Phi) is 4.97. The number of amides is 1. The van der Waals surface area contributed by atoms with Crippen LogP contribution in [0.15, 0.2) is 29.2 Å². The summed E-state index contributed by atoms with van der Waals surface area (Å²) in [5, 5.41) is 0. The van der Waals surface area contributed by atoms with Crippen molar-refractivity contribution in [3.05, 3.63) is 29.8 Å². The van der Waals surface area contributed by atoms with Crippen LogP contribution in [-0.2, 0) is 14.8 Å². The van der Waals surface area contributed by atoms with E-state index in [9.17, 15) is 13.2 Å². The monoisotopic (exact) mass is 312 g/mol. The van der Waals surface area contributed by atoms with Gasteiger partial charge in [-0.25, -0.2) is 13.1 Å². The van der Waals surface area contributed by atoms with E-state index >= 15 is 0 Å². The number of hydrogen-bond acceptors (Lipinski definition) is 4. The third-order valence-electron chi connectivity index (χ3n) is 3.54. The molecule has 0 unspecified atom stereocenters. The van der Waals surface area contributed by atoms with Crippen molar-refractivity contribution in [3.8, 4) is 0 Å². The number of nitrogens with one attached hydrogen (secondary N) is 1. The molecule has 1 amide bonds. The Morgan fingerprint density at radius 2 is 2.24 bits per heavy atom. The Bertz CT molecular complexity index is 615. The molecule has 1 fully saturated rings. The van der Waals surface area contributed by atoms with E-state index in [1.165, 1.54) is 19.2 Å². The molecule has 0 spiro atoms. The van der Waals surface area contributed by atoms with Gasteiger partial charge in [-0.15, -0.1) is 0 Å². The number of carbonyl (C=O) groups excluding carboxylic acids is 1. The molecule has 1 aliphatic rings. The molecule has 1 heterocycles. The van der Waals surface area contributed by atoms with E-state index in [1.54, 1.807) is 17.0 Å². The van der Waals surface area contributed by atoms with E-state index in [-0.39, 0.29) is 16.9 Å². The maximum atomic E-state index is 12.5. The fraction of sp³-hybridized carbons (Fsp3) is 0.500. The number of ether oxygens (including phenoxy) is 1. The maximum Gasteiger partial charge on any atom is 0.254 e. The van der Waals surface area contributed by atoms with Crippen molar-refractivity contribution < 1.29 is 17.9 Å². The molecule has 1 atom stereocenters. The topological polar surface area (TPSA) is 75.7 Å². The van der Waals surface area contributed by atoms with E-state index in [0.717, 1.165) is 6.42 Å². The first-order valence-electron chi connectivity index (χ1n) is 6.92. The minimum Gasteiger partial charge on any atom is -0.375 e. The third-order valence-corrected chi connectivity index (χ3v) is 4.95. The van der Waals surface area contributed by atoms with Crippen LogP contribution in [0, 0.1) is 0 Å². The predicted octanol–water partition coefficient (Wildman–Crippen LogP) is 0.846. The summed E-state index contributed by atoms with van der Waals surface area (Å²) in [7, 11) is -2.20. The van der Waals surface area contributed by atoms with Crippen LogP contribution in [0.4, 0.5) is 0 Å². The Labute approximate surface area is 125 Å². The molecule has 21 heavy (non-hydrogen) atoms. The minimum absolute atomic E-state index is 0.0481. The minimum atomic E-state index is -3.55. The van der Waals surface area contributed by atoms with Gasteiger partial charge in [0.15, 0.2) is 0 Å². The average molecular weight is 312 g/mol. The first-order chi connectivity index (χ1) is 9.97. The highest BCUT2D eigenvalue weighted by atomic mass is 32.2. The number of sulfonamides is 1. The molecule has 7 heteroatoms. The zero-order valence-electron chi connectivity index (χ0n) is 12.2. The summed E-state index contributed by atoms with van der Waals surface area (Å²) in [5.41, 5.74) is 0.378. The normalized spacial score (nSPS) is 19.5. The lowest BCUT2D eigenvalue weighted by Crippen LogP contribution is -2.45. The largest absolute Gasteiger partial charge is 0.375 e. The lowest BCUT2D eigenvalue weighted by atomic mass is 10.1. The van der Waals surface area contributed by atoms with Crippen LogP contribution in [0.1, 0.15) is 23.7 Å². The second-order valence-corrected chi connectivity index (χ2v) is 6.77. The second-order valence-electron chi connectivity index (χ2n) is 4.89. The van der Waals surface area contributed by atoms with E-state index in [1.807, 2.05) is 6.92 Å². The number of benzene rings is 1. The van der Waals surface area contributed by atoms with E-state index in [0.29, 0.717) is 25.3 Å². The Morgan fingerprint density at radius 1 is 1.48 bits per heavy atom. The van der Waals surface area contributed by atoms with Crippen molar-refractivity contribution in [1.82, 2.24) is 9.62 Å². The molecule has 116 valence electrons. The van der Waals surface area contributed by atoms with Crippen LogP contribution in [0.5, 0.6) is 0 Å². The SMILES string of the molecule is CC[C@@H]1CN(C(=O)c2cccc(S(=O)(=O)NC)c2)CCO1. The first kappa shape index (κ1) is 15.9. The van der Waals surface area contributed by atoms with Crippen LogP contribution >= 0.6 is 0 Å². The summed E-state index contributed by atoms with van der Waals surface area (Å²) in [6.07, 6.45) is 0.893. The number of carbonyl (C=O) groups is 1. The summed E-state index contributed by atoms with van der Waals surface area (Å²) in [5.74, 6) is -0.162. The molecule has 0 bridgehead atoms. The number of hydrogen-bond donors (Lipinski definition) is 1. The van der Waals surface area contributed by atoms with Crippen LogP contribution in [0.2, 0.25) is 0 Å². The van der Waals surface area contributed by atoms with Gasteiger partial charge in [0.2, 0.25) is 10.0 Å². The van der Waals surface area contributed by atoms with Gasteiger partial charge >= 0.3 is 0 Å². The number of morpholine rings is 1. The molecule has 6 nitrogen and oxygen atoms in total. The highest BCUT2D eigenvalue weighted by Gasteiger charge is 2.24. The molecular formula is C14H20N2O4S. The summed E-state index contributed by atoms with van der Waals surface area (Å²) in [4.78, 5) is 14.3. The van der Waals surface area contributed by atoms with Crippen molar-refractivity contribution in [2.45, 2.75) is 24.3 Å². The average Bonchev–Trinajstić information content (AvgIpc) is 2.54. The molecule has 2 rings (SSSR count). The molecule has 0 radical (unpaired) electrons. The van der Waals surface area contributed by atoms with Crippen molar-refractivity contribution in [2.75, 3.05) is 26.7 Å². The fourth-order valence-corrected chi connectivity index (χ4v) is 3.02. The van der Waals surface area contributed by atoms with Gasteiger partial charge in [-0.05, 0) is 31.7 Å². The zero-order valence-corrected chi connectivity index (χ0v) is 13.0. The van der Waals surface area contributed by atoms with Gasteiger partial charge in [-0.3, -0.25) is 4.79 Å². The lowest BCUT2D eigenvalue weighted by Gasteiger charge is -2.32. The van der Waals surface area contributed by atoms with Crippen molar-refractivity contribution in [3.63, 3.8) is 0 Å². The van der Waals surface area contributed by atoms with Gasteiger partial charge in [-0.1, -0.05) is 13.0 Å². The third kappa shape index (κ3) is 3.61. The van der Waals surface area contributed by atoms with Gasteiger partial charge in [0.05, 0.1) is 17.6 Å². The van der Waals surface area contributed by atoms with Crippen molar-refractivity contribution in [2.24, 2.45) is 0 Å². The quantitative estimate of drug-likeness (QED) is 0.894. The fourth-order valence-electron chi connectivity index (χ4n) is 2.25. The Hall–Kier alpha value is -1.44. The molecule has 1 aromatic rings. The summed E-state index contributed by atoms with van der Waals surface area (Å²) in [6, 6.07) is 6.09. The molecular weight excluding hydrogens is 292 g/mol. The molecule has 0 aromatic heterocycles. The van der Waals surface area contributed by atoms with Crippen LogP contribution in [0.25, 0.3) is 0 Å². The molecule has 1 aliphatic heterocycles. The van der Waals surface area contributed by atoms with E-state index < -0.39 is 10.0 Å². The first-order valence-corrected chi connectivity index (χ1v) is 8.40. The number of rotatable bonds is 4. The summed E-state index contributed by atoms with van der Waals surface area (Å²) < 4.78 is 31.4. The smallest absolute Gasteiger partial charge is 0.254 e. The lowest BCUT2D eigenvalue weighted by molar-refractivity contribution is -0.0226. The highest BCUT2D eigenvalue weighted by molar-refractivity contribution is 7.89. The maximum absolute atomic E-state index is 12.5. The molecule has 1 saturated heterocycles. The van der Waals surface area contributed by atoms with Crippen molar-refractivity contribution >= 4 is 15.9 Å². The number of nitrogens with zero attached hydrogens (tertiary/aromatic N) is 1.